The van der Waals surface area contributed by atoms with Crippen LogP contribution >= 0.6 is 0 Å². The van der Waals surface area contributed by atoms with Crippen LogP contribution in [0.4, 0.5) is 0 Å². The van der Waals surface area contributed by atoms with Crippen LogP contribution in [-0.2, 0) is 0 Å². The van der Waals surface area contributed by atoms with Crippen LogP contribution < -0.4 is 0 Å². The molecular weight excluding hydrogens is 1720 g/mol. The second kappa shape index (κ2) is 35.3. The summed E-state index contributed by atoms with van der Waals surface area (Å²) in [5.74, 6) is 5.56. The zero-order chi connectivity index (χ0) is 93.2. The summed E-state index contributed by atoms with van der Waals surface area (Å²) < 4.78 is 19.9. The van der Waals surface area contributed by atoms with E-state index in [-0.39, 0.29) is 0 Å². The van der Waals surface area contributed by atoms with Gasteiger partial charge in [0.2, 0.25) is 0 Å². The van der Waals surface area contributed by atoms with Crippen molar-refractivity contribution < 1.29 is 13.3 Å². The first-order valence-electron chi connectivity index (χ1n) is 47.2. The molecular formula is C129H79N9O3. The Bertz CT molecular complexity index is 9700. The number of hydrogen-bond donors (Lipinski definition) is 0. The van der Waals surface area contributed by atoms with E-state index in [2.05, 4.69) is 352 Å². The second-order valence-electron chi connectivity index (χ2n) is 35.3. The Labute approximate surface area is 809 Å². The van der Waals surface area contributed by atoms with Crippen molar-refractivity contribution in [3.05, 3.63) is 479 Å². The van der Waals surface area contributed by atoms with Crippen LogP contribution in [0.3, 0.4) is 0 Å². The number of nitrogens with zero attached hydrogens (tertiary/aromatic N) is 9. The van der Waals surface area contributed by atoms with Gasteiger partial charge in [-0.3, -0.25) is 0 Å². The minimum Gasteiger partial charge on any atom is -0.455 e. The number of benzene rings is 22. The smallest absolute Gasteiger partial charge is 0.164 e. The molecule has 0 N–H and O–H groups in total. The van der Waals surface area contributed by atoms with Gasteiger partial charge in [-0.05, 0) is 130 Å². The average molecular weight is 1800 g/mol. The Balaban J connectivity index is 0.000000109. The van der Waals surface area contributed by atoms with E-state index in [1.165, 1.54) is 33.0 Å². The third-order valence-electron chi connectivity index (χ3n) is 26.8. The maximum absolute atomic E-state index is 6.78. The van der Waals surface area contributed by atoms with Crippen molar-refractivity contribution in [1.82, 2.24) is 44.9 Å². The number of fused-ring (bicyclic) bond motifs is 20. The van der Waals surface area contributed by atoms with Gasteiger partial charge >= 0.3 is 0 Å². The molecule has 28 aromatic rings. The molecule has 0 bridgehead atoms. The maximum Gasteiger partial charge on any atom is 0.164 e. The molecule has 0 spiro atoms. The maximum atomic E-state index is 6.78. The Hall–Kier alpha value is -19.2. The molecule has 28 rings (SSSR count). The van der Waals surface area contributed by atoms with Gasteiger partial charge in [0.25, 0.3) is 0 Å². The molecule has 0 radical (unpaired) electrons. The second-order valence-corrected chi connectivity index (χ2v) is 35.3. The highest BCUT2D eigenvalue weighted by molar-refractivity contribution is 6.28. The fourth-order valence-corrected chi connectivity index (χ4v) is 19.8. The molecule has 141 heavy (non-hydrogen) atoms. The van der Waals surface area contributed by atoms with Gasteiger partial charge in [-0.1, -0.05) is 437 Å². The van der Waals surface area contributed by atoms with E-state index < -0.39 is 0 Å². The first-order valence-corrected chi connectivity index (χ1v) is 47.2. The molecule has 12 nitrogen and oxygen atoms in total. The first kappa shape index (κ1) is 82.5. The van der Waals surface area contributed by atoms with Gasteiger partial charge in [0.15, 0.2) is 52.4 Å². The predicted molar refractivity (Wildman–Crippen MR) is 577 cm³/mol. The van der Waals surface area contributed by atoms with E-state index in [4.69, 9.17) is 58.1 Å². The predicted octanol–water partition coefficient (Wildman–Crippen LogP) is 33.9. The highest BCUT2D eigenvalue weighted by Crippen LogP contribution is 2.48. The summed E-state index contributed by atoms with van der Waals surface area (Å²) >= 11 is 0. The fourth-order valence-electron chi connectivity index (χ4n) is 19.8. The van der Waals surface area contributed by atoms with Gasteiger partial charge in [-0.2, -0.15) is 0 Å². The van der Waals surface area contributed by atoms with Crippen LogP contribution in [0.5, 0.6) is 0 Å². The highest BCUT2D eigenvalue weighted by atomic mass is 16.3. The van der Waals surface area contributed by atoms with Crippen molar-refractivity contribution in [3.63, 3.8) is 0 Å². The van der Waals surface area contributed by atoms with E-state index in [1.54, 1.807) is 0 Å². The van der Waals surface area contributed by atoms with Crippen LogP contribution in [0.15, 0.2) is 492 Å². The van der Waals surface area contributed by atoms with E-state index >= 15 is 0 Å². The molecule has 22 aromatic carbocycles. The summed E-state index contributed by atoms with van der Waals surface area (Å²) in [7, 11) is 0. The largest absolute Gasteiger partial charge is 0.455 e. The first-order chi connectivity index (χ1) is 69.8. The molecule has 12 heteroatoms. The molecule has 0 unspecified atom stereocenters. The molecule has 0 fully saturated rings. The number of hydrogen-bond acceptors (Lipinski definition) is 12. The number of furan rings is 3. The monoisotopic (exact) mass is 1800 g/mol. The Morgan fingerprint density at radius 3 is 0.830 bits per heavy atom. The van der Waals surface area contributed by atoms with E-state index in [1.807, 2.05) is 127 Å². The molecule has 0 aliphatic heterocycles. The molecule has 0 aliphatic carbocycles. The standard InChI is InChI=1S/C45H27N3O.C43H27N3O.C41H25N3O/c1-2-12-31(13-3-1)43-46-44(32-21-18-29(19-22-32)34-23-20-28-10-4-5-14-33(28)26-34)48-45(47-43)39-27-35-15-7-9-17-37(35)42-40(39)38-25-24-30-11-6-8-16-36(30)41(38)49-42;1-3-10-28(11-4-1)29-18-20-30(21-19-29)31-22-24-34(25-23-31)42-44-41(33-13-5-2-6-14-33)45-43(46-42)37-16-9-17-38-39(37)36-27-26-32-12-7-8-15-35(32)40(36)47-38;1-3-11-26(12-4-1)27-19-21-30(22-20-27)40-42-39(29-14-5-2-6-15-29)43-41(44-40)34-25-31-16-8-10-18-33(31)38-37(34)36-32-17-9-7-13-28(32)23-24-35(36)45-38/h1-27H;1-27H;1-25H. The quantitative estimate of drug-likeness (QED) is 0.108. The van der Waals surface area contributed by atoms with Gasteiger partial charge in [-0.25, -0.2) is 44.9 Å². The van der Waals surface area contributed by atoms with Gasteiger partial charge in [0, 0.05) is 104 Å². The minimum atomic E-state index is 0.606. The number of aromatic nitrogens is 9. The Morgan fingerprint density at radius 2 is 0.390 bits per heavy atom. The molecule has 0 saturated heterocycles. The summed E-state index contributed by atoms with van der Waals surface area (Å²) in [6.07, 6.45) is 0. The van der Waals surface area contributed by atoms with E-state index in [0.717, 1.165) is 192 Å². The van der Waals surface area contributed by atoms with Crippen LogP contribution in [0.2, 0.25) is 0 Å². The van der Waals surface area contributed by atoms with Crippen molar-refractivity contribution in [1.29, 1.82) is 0 Å². The van der Waals surface area contributed by atoms with Crippen LogP contribution in [0.1, 0.15) is 0 Å². The minimum absolute atomic E-state index is 0.606. The fraction of sp³-hybridized carbons (Fsp3) is 0. The molecule has 0 aliphatic rings. The summed E-state index contributed by atoms with van der Waals surface area (Å²) in [6, 6.07) is 165. The molecule has 0 amide bonds. The lowest BCUT2D eigenvalue weighted by Gasteiger charge is -2.11. The third kappa shape index (κ3) is 15.4. The van der Waals surface area contributed by atoms with Gasteiger partial charge in [0.1, 0.15) is 33.5 Å². The van der Waals surface area contributed by atoms with Gasteiger partial charge < -0.3 is 13.3 Å². The van der Waals surface area contributed by atoms with Crippen LogP contribution in [-0.4, -0.2) is 44.9 Å². The molecule has 0 saturated carbocycles. The topological polar surface area (TPSA) is 155 Å². The third-order valence-corrected chi connectivity index (χ3v) is 26.8. The number of rotatable bonds is 13. The highest BCUT2D eigenvalue weighted by Gasteiger charge is 2.27. The lowest BCUT2D eigenvalue weighted by Crippen LogP contribution is -2.00. The van der Waals surface area contributed by atoms with Crippen molar-refractivity contribution in [2.45, 2.75) is 0 Å². The summed E-state index contributed by atoms with van der Waals surface area (Å²) in [5.41, 5.74) is 22.7. The molecule has 0 atom stereocenters. The Morgan fingerprint density at radius 1 is 0.121 bits per heavy atom. The Kier molecular flexibility index (Phi) is 20.6. The summed E-state index contributed by atoms with van der Waals surface area (Å²) in [5, 5.41) is 19.6. The normalized spacial score (nSPS) is 11.5. The SMILES string of the molecule is c1ccc(-c2ccc(-c3ccc(-c4nc(-c5ccccc5)nc(-c5cccc6oc7c8ccccc8ccc7c56)n4)cc3)cc2)cc1.c1ccc(-c2ccc(-c3nc(-c4ccccc4)nc(-c4cc5ccccc5c5oc6ccc7ccccc7c6c45)n3)cc2)cc1.c1ccc(-c2nc(-c3ccc(-c4ccc5ccccc5c4)cc3)nc(-c3cc4ccccc4c4oc5c6ccccc6ccc5c34)n2)cc1. The van der Waals surface area contributed by atoms with Crippen molar-refractivity contribution in [2.75, 3.05) is 0 Å². The summed E-state index contributed by atoms with van der Waals surface area (Å²) in [4.78, 5) is 45.7. The molecule has 658 valence electrons. The lowest BCUT2D eigenvalue weighted by molar-refractivity contribution is 0.672. The van der Waals surface area contributed by atoms with Crippen LogP contribution in [0.25, 0.3) is 277 Å². The van der Waals surface area contributed by atoms with Crippen molar-refractivity contribution in [3.8, 4) is 147 Å². The van der Waals surface area contributed by atoms with Crippen molar-refractivity contribution >= 4 is 130 Å². The van der Waals surface area contributed by atoms with E-state index in [9.17, 15) is 0 Å². The zero-order valence-corrected chi connectivity index (χ0v) is 75.9. The zero-order valence-electron chi connectivity index (χ0n) is 75.9. The average Bonchev–Trinajstić information content (AvgIpc) is 1.58. The summed E-state index contributed by atoms with van der Waals surface area (Å²) in [6.45, 7) is 0. The van der Waals surface area contributed by atoms with E-state index in [0.29, 0.717) is 52.4 Å². The van der Waals surface area contributed by atoms with Crippen LogP contribution in [0, 0.1) is 0 Å². The van der Waals surface area contributed by atoms with Gasteiger partial charge in [-0.15, -0.1) is 0 Å². The molecule has 6 heterocycles. The molecule has 6 aromatic heterocycles. The lowest BCUT2D eigenvalue weighted by atomic mass is 9.97. The van der Waals surface area contributed by atoms with Gasteiger partial charge in [0.05, 0.1) is 0 Å². The van der Waals surface area contributed by atoms with Crippen molar-refractivity contribution in [2.24, 2.45) is 0 Å².